The second-order valence-corrected chi connectivity index (χ2v) is 1.87. The Morgan fingerprint density at radius 3 is 2.10 bits per heavy atom. The highest BCUT2D eigenvalue weighted by atomic mass is 16.4. The smallest absolute Gasteiger partial charge is 0.151 e. The van der Waals surface area contributed by atoms with Crippen molar-refractivity contribution in [1.29, 1.82) is 0 Å². The van der Waals surface area contributed by atoms with Crippen molar-refractivity contribution >= 4 is 6.29 Å². The highest BCUT2D eigenvalue weighted by Gasteiger charge is 2.22. The summed E-state index contributed by atoms with van der Waals surface area (Å²) in [7, 11) is 0. The van der Waals surface area contributed by atoms with Crippen LogP contribution in [0.3, 0.4) is 0 Å². The normalized spacial score (nSPS) is 19.6. The van der Waals surface area contributed by atoms with Gasteiger partial charge in [0, 0.05) is 0 Å². The number of aldehydes is 1. The minimum absolute atomic E-state index is 0.0869. The Morgan fingerprint density at radius 1 is 1.30 bits per heavy atom. The SMILES string of the molecule is O=C[C@@H](O)[C@H](O)[C@H](O)[13CH2]O. The topological polar surface area (TPSA) is 98.0 Å². The summed E-state index contributed by atoms with van der Waals surface area (Å²) in [4.78, 5) is 9.76. The molecule has 0 aromatic heterocycles. The van der Waals surface area contributed by atoms with E-state index in [0.717, 1.165) is 0 Å². The Kier molecular flexibility index (Phi) is 4.13. The van der Waals surface area contributed by atoms with Gasteiger partial charge >= 0.3 is 0 Å². The van der Waals surface area contributed by atoms with Gasteiger partial charge in [-0.3, -0.25) is 0 Å². The van der Waals surface area contributed by atoms with Crippen LogP contribution in [0.15, 0.2) is 0 Å². The van der Waals surface area contributed by atoms with Crippen molar-refractivity contribution in [2.75, 3.05) is 6.61 Å². The first-order valence-electron chi connectivity index (χ1n) is 2.73. The lowest BCUT2D eigenvalue weighted by atomic mass is 10.2. The maximum absolute atomic E-state index is 9.76. The molecule has 0 aromatic carbocycles. The van der Waals surface area contributed by atoms with Crippen LogP contribution < -0.4 is 0 Å². The molecule has 0 saturated heterocycles. The predicted octanol–water partition coefficient (Wildman–Crippen LogP) is -2.74. The standard InChI is InChI=1S/C5H10O5/c6-1-3(8)5(10)4(9)2-7/h1,3-5,7-10H,2H2/t3-,4-,5+/m1/s1/i2+1. The lowest BCUT2D eigenvalue weighted by Crippen LogP contribution is -2.40. The molecule has 0 aliphatic carbocycles. The van der Waals surface area contributed by atoms with Crippen molar-refractivity contribution in [2.24, 2.45) is 0 Å². The fraction of sp³-hybridized carbons (Fsp3) is 0.800. The van der Waals surface area contributed by atoms with Gasteiger partial charge in [0.1, 0.15) is 18.3 Å². The molecule has 0 fully saturated rings. The van der Waals surface area contributed by atoms with Gasteiger partial charge in [-0.1, -0.05) is 0 Å². The fourth-order valence-electron chi connectivity index (χ4n) is 0.416. The number of hydrogen-bond acceptors (Lipinski definition) is 5. The van der Waals surface area contributed by atoms with Gasteiger partial charge in [-0.15, -0.1) is 0 Å². The van der Waals surface area contributed by atoms with Gasteiger partial charge in [-0.2, -0.15) is 0 Å². The molecule has 4 N–H and O–H groups in total. The zero-order valence-electron chi connectivity index (χ0n) is 5.21. The Morgan fingerprint density at radius 2 is 1.80 bits per heavy atom. The van der Waals surface area contributed by atoms with E-state index in [1.165, 1.54) is 0 Å². The average Bonchev–Trinajstić information content (AvgIpc) is 2.00. The molecule has 3 atom stereocenters. The van der Waals surface area contributed by atoms with Crippen molar-refractivity contribution in [3.05, 3.63) is 0 Å². The predicted molar refractivity (Wildman–Crippen MR) is 31.2 cm³/mol. The molecule has 0 bridgehead atoms. The lowest BCUT2D eigenvalue weighted by Gasteiger charge is -2.16. The Bertz CT molecular complexity index is 104. The van der Waals surface area contributed by atoms with Gasteiger partial charge in [0.2, 0.25) is 0 Å². The number of carbonyl (C=O) groups excluding carboxylic acids is 1. The third-order valence-corrected chi connectivity index (χ3v) is 1.07. The first kappa shape index (κ1) is 9.51. The number of carbonyl (C=O) groups is 1. The molecule has 0 aliphatic heterocycles. The average molecular weight is 151 g/mol. The summed E-state index contributed by atoms with van der Waals surface area (Å²) in [5, 5.41) is 34.1. The van der Waals surface area contributed by atoms with Crippen LogP contribution in [0.1, 0.15) is 0 Å². The van der Waals surface area contributed by atoms with E-state index in [1.54, 1.807) is 0 Å². The van der Waals surface area contributed by atoms with Crippen molar-refractivity contribution < 1.29 is 25.2 Å². The third kappa shape index (κ3) is 2.40. The number of aliphatic hydroxyl groups excluding tert-OH is 4. The molecule has 60 valence electrons. The van der Waals surface area contributed by atoms with E-state index < -0.39 is 24.9 Å². The van der Waals surface area contributed by atoms with Crippen LogP contribution >= 0.6 is 0 Å². The summed E-state index contributed by atoms with van der Waals surface area (Å²) in [6.07, 6.45) is -4.63. The van der Waals surface area contributed by atoms with E-state index in [0.29, 0.717) is 0 Å². The van der Waals surface area contributed by atoms with Gasteiger partial charge in [0.05, 0.1) is 6.61 Å². The molecule has 0 rings (SSSR count). The van der Waals surface area contributed by atoms with Gasteiger partial charge in [0.15, 0.2) is 6.29 Å². The number of rotatable bonds is 4. The van der Waals surface area contributed by atoms with Crippen LogP contribution in [-0.4, -0.2) is 51.6 Å². The van der Waals surface area contributed by atoms with E-state index in [1.807, 2.05) is 0 Å². The molecular formula is C5H10O5. The highest BCUT2D eigenvalue weighted by Crippen LogP contribution is 1.96. The number of hydrogen-bond donors (Lipinski definition) is 4. The number of aliphatic hydroxyl groups is 4. The van der Waals surface area contributed by atoms with Gasteiger partial charge in [-0.25, -0.2) is 0 Å². The molecule has 0 spiro atoms. The molecule has 0 unspecified atom stereocenters. The second kappa shape index (κ2) is 4.35. The second-order valence-electron chi connectivity index (χ2n) is 1.87. The van der Waals surface area contributed by atoms with Crippen LogP contribution in [0.2, 0.25) is 0 Å². The lowest BCUT2D eigenvalue weighted by molar-refractivity contribution is -0.127. The van der Waals surface area contributed by atoms with Crippen LogP contribution in [0.4, 0.5) is 0 Å². The quantitative estimate of drug-likeness (QED) is 0.258. The van der Waals surface area contributed by atoms with Crippen LogP contribution in [0, 0.1) is 0 Å². The van der Waals surface area contributed by atoms with E-state index in [2.05, 4.69) is 0 Å². The highest BCUT2D eigenvalue weighted by molar-refractivity contribution is 5.56. The molecule has 0 aliphatic rings. The van der Waals surface area contributed by atoms with Crippen molar-refractivity contribution in [3.63, 3.8) is 0 Å². The molecular weight excluding hydrogens is 141 g/mol. The molecule has 10 heavy (non-hydrogen) atoms. The third-order valence-electron chi connectivity index (χ3n) is 1.07. The van der Waals surface area contributed by atoms with Crippen molar-refractivity contribution in [1.82, 2.24) is 0 Å². The summed E-state index contributed by atoms with van der Waals surface area (Å²) in [5.41, 5.74) is 0. The van der Waals surface area contributed by atoms with Gasteiger partial charge in [-0.05, 0) is 0 Å². The minimum atomic E-state index is -1.64. The molecule has 0 saturated carbocycles. The monoisotopic (exact) mass is 151 g/mol. The maximum atomic E-state index is 9.76. The molecule has 5 heteroatoms. The van der Waals surface area contributed by atoms with Crippen molar-refractivity contribution in [3.8, 4) is 0 Å². The summed E-state index contributed by atoms with van der Waals surface area (Å²) in [5.74, 6) is 0. The Labute approximate surface area is 57.5 Å². The maximum Gasteiger partial charge on any atom is 0.151 e. The van der Waals surface area contributed by atoms with Gasteiger partial charge < -0.3 is 25.2 Å². The first-order chi connectivity index (χ1) is 4.63. The summed E-state index contributed by atoms with van der Waals surface area (Å²) >= 11 is 0. The van der Waals surface area contributed by atoms with E-state index in [9.17, 15) is 4.79 Å². The van der Waals surface area contributed by atoms with Crippen LogP contribution in [0.5, 0.6) is 0 Å². The summed E-state index contributed by atoms with van der Waals surface area (Å²) < 4.78 is 0. The van der Waals surface area contributed by atoms with Gasteiger partial charge in [0.25, 0.3) is 0 Å². The van der Waals surface area contributed by atoms with E-state index in [-0.39, 0.29) is 6.29 Å². The minimum Gasteiger partial charge on any atom is -0.394 e. The summed E-state index contributed by atoms with van der Waals surface area (Å²) in [6, 6.07) is 0. The molecule has 0 radical (unpaired) electrons. The Balaban J connectivity index is 3.80. The first-order valence-corrected chi connectivity index (χ1v) is 2.73. The zero-order chi connectivity index (χ0) is 8.15. The molecule has 0 amide bonds. The van der Waals surface area contributed by atoms with Crippen molar-refractivity contribution in [2.45, 2.75) is 18.3 Å². The Hall–Kier alpha value is -0.490. The fourth-order valence-corrected chi connectivity index (χ4v) is 0.416. The van der Waals surface area contributed by atoms with E-state index in [4.69, 9.17) is 20.4 Å². The van der Waals surface area contributed by atoms with E-state index >= 15 is 0 Å². The molecule has 5 nitrogen and oxygen atoms in total. The van der Waals surface area contributed by atoms with Crippen LogP contribution in [-0.2, 0) is 4.79 Å². The molecule has 0 aromatic rings. The largest absolute Gasteiger partial charge is 0.394 e. The van der Waals surface area contributed by atoms with Crippen LogP contribution in [0.25, 0.3) is 0 Å². The zero-order valence-corrected chi connectivity index (χ0v) is 5.21. The molecule has 0 heterocycles. The summed E-state index contributed by atoms with van der Waals surface area (Å²) in [6.45, 7) is -0.688.